The van der Waals surface area contributed by atoms with Crippen LogP contribution < -0.4 is 16.4 Å². The summed E-state index contributed by atoms with van der Waals surface area (Å²) in [4.78, 5) is 22.5. The maximum atomic E-state index is 10.3. The summed E-state index contributed by atoms with van der Waals surface area (Å²) in [6.07, 6.45) is 6.69. The van der Waals surface area contributed by atoms with Crippen LogP contribution in [0.2, 0.25) is 0 Å². The quantitative estimate of drug-likeness (QED) is 0.356. The molecule has 31 heavy (non-hydrogen) atoms. The average Bonchev–Trinajstić information content (AvgIpc) is 2.76. The summed E-state index contributed by atoms with van der Waals surface area (Å²) in [6.45, 7) is 6.95. The van der Waals surface area contributed by atoms with Crippen molar-refractivity contribution in [3.8, 4) is 0 Å². The molecule has 0 saturated heterocycles. The van der Waals surface area contributed by atoms with Gasteiger partial charge in [-0.2, -0.15) is 0 Å². The van der Waals surface area contributed by atoms with Gasteiger partial charge in [0.1, 0.15) is 5.82 Å². The summed E-state index contributed by atoms with van der Waals surface area (Å²) >= 11 is 0. The van der Waals surface area contributed by atoms with Crippen LogP contribution in [0.4, 0.5) is 11.5 Å². The molecular formula is C23H31N7O. The molecule has 3 rings (SSSR count). The lowest BCUT2D eigenvalue weighted by atomic mass is 10.0. The van der Waals surface area contributed by atoms with Gasteiger partial charge in [0, 0.05) is 53.7 Å². The van der Waals surface area contributed by atoms with E-state index in [0.717, 1.165) is 23.5 Å². The first-order chi connectivity index (χ1) is 15.0. The summed E-state index contributed by atoms with van der Waals surface area (Å²) in [5.74, 6) is 0.356. The van der Waals surface area contributed by atoms with E-state index in [2.05, 4.69) is 39.4 Å². The zero-order chi connectivity index (χ0) is 23.1. The third-order valence-corrected chi connectivity index (χ3v) is 3.68. The van der Waals surface area contributed by atoms with Gasteiger partial charge in [-0.15, -0.1) is 0 Å². The van der Waals surface area contributed by atoms with E-state index in [9.17, 15) is 4.79 Å². The molecule has 0 aliphatic rings. The molecule has 8 heteroatoms. The Bertz CT molecular complexity index is 946. The Balaban J connectivity index is 0.000000333. The van der Waals surface area contributed by atoms with Gasteiger partial charge in [0.25, 0.3) is 0 Å². The number of nitrogens with zero attached hydrogens (tertiary/aromatic N) is 3. The molecule has 0 aliphatic carbocycles. The molecule has 1 amide bonds. The van der Waals surface area contributed by atoms with Crippen LogP contribution in [0.25, 0.3) is 0 Å². The molecule has 5 N–H and O–H groups in total. The van der Waals surface area contributed by atoms with Crippen LogP contribution in [0.5, 0.6) is 0 Å². The second-order valence-corrected chi connectivity index (χ2v) is 6.54. The highest BCUT2D eigenvalue weighted by Gasteiger charge is 2.10. The smallest absolute Gasteiger partial charge is 0.212 e. The summed E-state index contributed by atoms with van der Waals surface area (Å²) in [7, 11) is 1.91. The minimum atomic E-state index is 0.271. The topological polar surface area (TPSA) is 130 Å². The van der Waals surface area contributed by atoms with Crippen molar-refractivity contribution in [2.75, 3.05) is 18.1 Å². The van der Waals surface area contributed by atoms with Gasteiger partial charge in [0.05, 0.1) is 11.4 Å². The van der Waals surface area contributed by atoms with Crippen molar-refractivity contribution >= 4 is 23.6 Å². The van der Waals surface area contributed by atoms with Gasteiger partial charge in [0.2, 0.25) is 6.41 Å². The monoisotopic (exact) mass is 421 g/mol. The van der Waals surface area contributed by atoms with Crippen LogP contribution in [0.1, 0.15) is 42.8 Å². The van der Waals surface area contributed by atoms with Crippen molar-refractivity contribution in [3.63, 3.8) is 0 Å². The number of hydrogen-bond acceptors (Lipinski definition) is 7. The van der Waals surface area contributed by atoms with Crippen LogP contribution in [0.3, 0.4) is 0 Å². The summed E-state index contributed by atoms with van der Waals surface area (Å²) in [5, 5.41) is 13.6. The highest BCUT2D eigenvalue weighted by molar-refractivity contribution is 6.13. The van der Waals surface area contributed by atoms with Crippen LogP contribution in [-0.2, 0) is 11.3 Å². The van der Waals surface area contributed by atoms with Gasteiger partial charge in [0.15, 0.2) is 0 Å². The van der Waals surface area contributed by atoms with E-state index < -0.39 is 0 Å². The number of rotatable bonds is 6. The maximum Gasteiger partial charge on any atom is 0.212 e. The van der Waals surface area contributed by atoms with Crippen LogP contribution in [-0.4, -0.2) is 34.1 Å². The molecule has 0 aromatic carbocycles. The van der Waals surface area contributed by atoms with Gasteiger partial charge in [-0.1, -0.05) is 26.3 Å². The van der Waals surface area contributed by atoms with Crippen LogP contribution >= 0.6 is 0 Å². The number of carbonyl (C=O) groups is 1. The van der Waals surface area contributed by atoms with Crippen molar-refractivity contribution in [2.24, 2.45) is 0 Å². The van der Waals surface area contributed by atoms with Crippen molar-refractivity contribution in [2.45, 2.75) is 33.7 Å². The lowest BCUT2D eigenvalue weighted by Gasteiger charge is -2.09. The van der Waals surface area contributed by atoms with Gasteiger partial charge < -0.3 is 16.4 Å². The number of aryl methyl sites for hydroxylation is 1. The van der Waals surface area contributed by atoms with E-state index in [4.69, 9.17) is 11.1 Å². The number of nitrogen functional groups attached to an aromatic ring is 1. The fourth-order valence-electron chi connectivity index (χ4n) is 2.36. The maximum absolute atomic E-state index is 10.3. The Morgan fingerprint density at radius 1 is 1.13 bits per heavy atom. The molecule has 0 spiro atoms. The van der Waals surface area contributed by atoms with E-state index in [1.54, 1.807) is 24.5 Å². The number of pyridine rings is 3. The van der Waals surface area contributed by atoms with Gasteiger partial charge in [-0.25, -0.2) is 4.98 Å². The zero-order valence-electron chi connectivity index (χ0n) is 18.5. The minimum Gasteiger partial charge on any atom is -0.398 e. The molecule has 0 fully saturated rings. The van der Waals surface area contributed by atoms with E-state index in [0.29, 0.717) is 23.5 Å². The largest absolute Gasteiger partial charge is 0.398 e. The van der Waals surface area contributed by atoms with Crippen LogP contribution in [0, 0.1) is 12.3 Å². The molecule has 0 bridgehead atoms. The van der Waals surface area contributed by atoms with Crippen molar-refractivity contribution < 1.29 is 4.79 Å². The summed E-state index contributed by atoms with van der Waals surface area (Å²) in [6, 6.07) is 11.0. The third-order valence-electron chi connectivity index (χ3n) is 3.68. The third kappa shape index (κ3) is 9.14. The number of amides is 1. The molecule has 0 unspecified atom stereocenters. The first-order valence-electron chi connectivity index (χ1n) is 9.98. The Labute approximate surface area is 183 Å². The SMILES string of the molecule is CCC.CNCc1ccccn1.Cc1cc(C(=N)c2cnc(NC=O)cc2N)ccn1. The fraction of sp³-hybridized carbons (Fsp3) is 0.261. The molecule has 0 atom stereocenters. The van der Waals surface area contributed by atoms with E-state index in [1.807, 2.05) is 32.2 Å². The second-order valence-electron chi connectivity index (χ2n) is 6.54. The van der Waals surface area contributed by atoms with Crippen molar-refractivity contribution in [3.05, 3.63) is 77.5 Å². The van der Waals surface area contributed by atoms with Crippen LogP contribution in [0.15, 0.2) is 55.0 Å². The van der Waals surface area contributed by atoms with Crippen molar-refractivity contribution in [1.82, 2.24) is 20.3 Å². The average molecular weight is 422 g/mol. The number of hydrogen-bond donors (Lipinski definition) is 4. The van der Waals surface area contributed by atoms with Gasteiger partial charge in [-0.3, -0.25) is 20.2 Å². The Morgan fingerprint density at radius 2 is 1.87 bits per heavy atom. The summed E-state index contributed by atoms with van der Waals surface area (Å²) in [5.41, 5.74) is 9.68. The number of nitrogens with two attached hydrogens (primary N) is 1. The zero-order valence-corrected chi connectivity index (χ0v) is 18.5. The number of aromatic nitrogens is 3. The predicted octanol–water partition coefficient (Wildman–Crippen LogP) is 3.57. The lowest BCUT2D eigenvalue weighted by Crippen LogP contribution is -2.08. The molecule has 0 radical (unpaired) electrons. The number of anilines is 2. The molecule has 3 aromatic rings. The first kappa shape index (κ1) is 25.4. The Hall–Kier alpha value is -3.65. The number of nitrogens with one attached hydrogen (secondary N) is 3. The minimum absolute atomic E-state index is 0.271. The lowest BCUT2D eigenvalue weighted by molar-refractivity contribution is -0.105. The van der Waals surface area contributed by atoms with E-state index in [-0.39, 0.29) is 5.71 Å². The van der Waals surface area contributed by atoms with Gasteiger partial charge >= 0.3 is 0 Å². The molecule has 0 saturated carbocycles. The normalized spacial score (nSPS) is 9.42. The molecule has 164 valence electrons. The molecule has 8 nitrogen and oxygen atoms in total. The standard InChI is InChI=1S/C13H13N5O.C7H10N2.C3H8/c1-8-4-9(2-3-16-8)13(15)10-6-17-12(18-7-19)5-11(10)14;1-8-6-7-4-2-3-5-9-7;1-3-2/h2-7,15H,1H3,(H3,14,17,18,19);2-5,8H,6H2,1H3;3H2,1-2H3. The Morgan fingerprint density at radius 3 is 2.42 bits per heavy atom. The summed E-state index contributed by atoms with van der Waals surface area (Å²) < 4.78 is 0. The molecule has 0 aliphatic heterocycles. The highest BCUT2D eigenvalue weighted by atomic mass is 16.1. The fourth-order valence-corrected chi connectivity index (χ4v) is 2.36. The highest BCUT2D eigenvalue weighted by Crippen LogP contribution is 2.18. The van der Waals surface area contributed by atoms with E-state index in [1.165, 1.54) is 18.7 Å². The molecular weight excluding hydrogens is 390 g/mol. The predicted molar refractivity (Wildman–Crippen MR) is 126 cm³/mol. The van der Waals surface area contributed by atoms with Crippen molar-refractivity contribution in [1.29, 1.82) is 5.41 Å². The first-order valence-corrected chi connectivity index (χ1v) is 9.98. The number of carbonyl (C=O) groups excluding carboxylic acids is 1. The Kier molecular flexibility index (Phi) is 11.8. The molecule has 3 heterocycles. The second kappa shape index (κ2) is 14.4. The van der Waals surface area contributed by atoms with Gasteiger partial charge in [-0.05, 0) is 38.2 Å². The molecule has 3 aromatic heterocycles. The van der Waals surface area contributed by atoms with E-state index >= 15 is 0 Å².